The lowest BCUT2D eigenvalue weighted by atomic mass is 9.90. The van der Waals surface area contributed by atoms with Crippen LogP contribution in [-0.2, 0) is 0 Å². The van der Waals surface area contributed by atoms with Crippen molar-refractivity contribution >= 4 is 34.8 Å². The quantitative estimate of drug-likeness (QED) is 0.859. The van der Waals surface area contributed by atoms with Gasteiger partial charge in [-0.3, -0.25) is 9.89 Å². The van der Waals surface area contributed by atoms with E-state index in [1.807, 2.05) is 12.1 Å². The van der Waals surface area contributed by atoms with Gasteiger partial charge in [0.25, 0.3) is 5.91 Å². The van der Waals surface area contributed by atoms with Gasteiger partial charge in [-0.25, -0.2) is 0 Å². The van der Waals surface area contributed by atoms with Gasteiger partial charge in [0.05, 0.1) is 11.8 Å². The van der Waals surface area contributed by atoms with E-state index in [4.69, 9.17) is 23.2 Å². The molecule has 6 heteroatoms. The molecule has 4 nitrogen and oxygen atoms in total. The summed E-state index contributed by atoms with van der Waals surface area (Å²) in [6.07, 6.45) is 5.17. The highest BCUT2D eigenvalue weighted by Gasteiger charge is 2.44. The maximum absolute atomic E-state index is 12.3. The molecular weight excluding hydrogens is 321 g/mol. The minimum atomic E-state index is -0.174. The van der Waals surface area contributed by atoms with Crippen molar-refractivity contribution in [3.05, 3.63) is 57.3 Å². The molecule has 1 aromatic heterocycles. The second-order valence-electron chi connectivity index (χ2n) is 5.65. The molecule has 4 rings (SSSR count). The predicted octanol–water partition coefficient (Wildman–Crippen LogP) is 4.33. The Morgan fingerprint density at radius 2 is 2.09 bits per heavy atom. The Morgan fingerprint density at radius 1 is 1.27 bits per heavy atom. The smallest absolute Gasteiger partial charge is 0.258 e. The number of halogens is 2. The summed E-state index contributed by atoms with van der Waals surface area (Å²) >= 11 is 12.2. The summed E-state index contributed by atoms with van der Waals surface area (Å²) in [6, 6.07) is 5.99. The molecule has 1 heterocycles. The van der Waals surface area contributed by atoms with Crippen LogP contribution in [0.3, 0.4) is 0 Å². The molecule has 2 aliphatic rings. The Hall–Kier alpha value is -1.78. The van der Waals surface area contributed by atoms with Crippen LogP contribution in [0.15, 0.2) is 40.7 Å². The largest absolute Gasteiger partial charge is 0.322 e. The minimum Gasteiger partial charge on any atom is -0.322 e. The van der Waals surface area contributed by atoms with E-state index in [1.165, 1.54) is 11.8 Å². The molecule has 112 valence electrons. The number of amides is 1. The second kappa shape index (κ2) is 5.14. The first-order chi connectivity index (χ1) is 10.7. The summed E-state index contributed by atoms with van der Waals surface area (Å²) in [5.41, 5.74) is 4.83. The molecule has 0 radical (unpaired) electrons. The molecule has 2 aliphatic carbocycles. The lowest BCUT2D eigenvalue weighted by Gasteiger charge is -2.18. The zero-order valence-corrected chi connectivity index (χ0v) is 13.1. The highest BCUT2D eigenvalue weighted by atomic mass is 35.5. The zero-order chi connectivity index (χ0) is 15.3. The zero-order valence-electron chi connectivity index (χ0n) is 11.6. The number of fused-ring (bicyclic) bond motifs is 5. The third-order valence-corrected chi connectivity index (χ3v) is 5.02. The van der Waals surface area contributed by atoms with Crippen LogP contribution >= 0.6 is 23.2 Å². The van der Waals surface area contributed by atoms with Crippen LogP contribution in [-0.4, -0.2) is 16.1 Å². The van der Waals surface area contributed by atoms with Crippen molar-refractivity contribution < 1.29 is 4.79 Å². The highest BCUT2D eigenvalue weighted by Crippen LogP contribution is 2.60. The number of aromatic amines is 1. The van der Waals surface area contributed by atoms with Crippen LogP contribution in [0.25, 0.3) is 0 Å². The molecule has 0 spiro atoms. The molecule has 2 N–H and O–H groups in total. The molecule has 2 atom stereocenters. The average Bonchev–Trinajstić information content (AvgIpc) is 3.22. The third-order valence-electron chi connectivity index (χ3n) is 4.59. The maximum atomic E-state index is 12.3. The molecular formula is C16H13Cl2N3O. The Bertz CT molecular complexity index is 779. The van der Waals surface area contributed by atoms with Crippen molar-refractivity contribution in [1.29, 1.82) is 0 Å². The summed E-state index contributed by atoms with van der Waals surface area (Å²) in [5.74, 6) is 0.328. The molecule has 2 aromatic rings. The number of carbonyl (C=O) groups excluding carboxylic acids is 1. The fraction of sp³-hybridized carbons (Fsp3) is 0.250. The Kier molecular flexibility index (Phi) is 3.24. The number of nitrogens with zero attached hydrogens (tertiary/aromatic N) is 1. The first kappa shape index (κ1) is 13.9. The monoisotopic (exact) mass is 333 g/mol. The summed E-state index contributed by atoms with van der Waals surface area (Å²) in [4.78, 5) is 12.3. The summed E-state index contributed by atoms with van der Waals surface area (Å²) < 4.78 is 0.371. The molecule has 1 fully saturated rings. The first-order valence-corrected chi connectivity index (χ1v) is 7.90. The van der Waals surface area contributed by atoms with Crippen molar-refractivity contribution in [2.45, 2.75) is 24.7 Å². The molecule has 1 saturated carbocycles. The molecule has 2 bridgehead atoms. The molecule has 1 aromatic carbocycles. The Morgan fingerprint density at radius 3 is 2.82 bits per heavy atom. The number of aromatic nitrogens is 2. The van der Waals surface area contributed by atoms with Crippen LogP contribution < -0.4 is 5.32 Å². The summed E-state index contributed by atoms with van der Waals surface area (Å²) in [5, 5.41) is 9.43. The van der Waals surface area contributed by atoms with Gasteiger partial charge < -0.3 is 5.32 Å². The van der Waals surface area contributed by atoms with Crippen molar-refractivity contribution in [2.75, 3.05) is 5.32 Å². The maximum Gasteiger partial charge on any atom is 0.258 e. The van der Waals surface area contributed by atoms with E-state index in [1.54, 1.807) is 6.20 Å². The molecule has 0 unspecified atom stereocenters. The number of benzene rings is 1. The van der Waals surface area contributed by atoms with Gasteiger partial charge in [-0.15, -0.1) is 0 Å². The molecule has 22 heavy (non-hydrogen) atoms. The Labute approximate surface area is 137 Å². The van der Waals surface area contributed by atoms with E-state index in [-0.39, 0.29) is 17.7 Å². The average molecular weight is 334 g/mol. The molecule has 0 aliphatic heterocycles. The fourth-order valence-electron chi connectivity index (χ4n) is 3.73. The van der Waals surface area contributed by atoms with E-state index in [0.717, 1.165) is 29.7 Å². The van der Waals surface area contributed by atoms with Gasteiger partial charge in [0.15, 0.2) is 0 Å². The third kappa shape index (κ3) is 1.98. The van der Waals surface area contributed by atoms with Crippen molar-refractivity contribution in [3.8, 4) is 0 Å². The van der Waals surface area contributed by atoms with Crippen molar-refractivity contribution in [1.82, 2.24) is 10.2 Å². The molecule has 1 amide bonds. The van der Waals surface area contributed by atoms with Crippen LogP contribution in [0.1, 0.15) is 46.2 Å². The number of allylic oxidation sites excluding steroid dienone is 1. The number of H-pyrrole nitrogens is 1. The fourth-order valence-corrected chi connectivity index (χ4v) is 4.25. The Balaban J connectivity index is 1.74. The molecule has 0 saturated heterocycles. The van der Waals surface area contributed by atoms with Crippen LogP contribution in [0.5, 0.6) is 0 Å². The van der Waals surface area contributed by atoms with E-state index in [2.05, 4.69) is 21.6 Å². The van der Waals surface area contributed by atoms with Gasteiger partial charge in [-0.1, -0.05) is 35.3 Å². The standard InChI is InChI=1S/C16H13Cl2N3O/c17-15(18)14-10-4-5-11(14)13-9(10)2-1-3-12(13)21-16(22)8-6-19-20-7-8/h1-3,6-7,10-11H,4-5H2,(H,19,20)(H,21,22)/t10-,11+/m1/s1. The number of rotatable bonds is 2. The first-order valence-electron chi connectivity index (χ1n) is 7.15. The van der Waals surface area contributed by atoms with Gasteiger partial charge in [-0.2, -0.15) is 5.10 Å². The summed E-state index contributed by atoms with van der Waals surface area (Å²) in [7, 11) is 0. The SMILES string of the molecule is O=C(Nc1cccc2c1[C@@H]1CC[C@H]2C1=C(Cl)Cl)c1cn[nH]c1. The van der Waals surface area contributed by atoms with Gasteiger partial charge in [-0.05, 0) is 35.6 Å². The topological polar surface area (TPSA) is 57.8 Å². The number of carbonyl (C=O) groups is 1. The van der Waals surface area contributed by atoms with Crippen molar-refractivity contribution in [3.63, 3.8) is 0 Å². The van der Waals surface area contributed by atoms with Crippen LogP contribution in [0.4, 0.5) is 5.69 Å². The van der Waals surface area contributed by atoms with Gasteiger partial charge in [0, 0.05) is 23.7 Å². The number of hydrogen-bond donors (Lipinski definition) is 2. The van der Waals surface area contributed by atoms with E-state index >= 15 is 0 Å². The van der Waals surface area contributed by atoms with E-state index in [0.29, 0.717) is 10.1 Å². The van der Waals surface area contributed by atoms with Gasteiger partial charge >= 0.3 is 0 Å². The number of hydrogen-bond acceptors (Lipinski definition) is 2. The number of anilines is 1. The van der Waals surface area contributed by atoms with E-state index < -0.39 is 0 Å². The van der Waals surface area contributed by atoms with Crippen LogP contribution in [0.2, 0.25) is 0 Å². The lowest BCUT2D eigenvalue weighted by molar-refractivity contribution is 0.102. The lowest BCUT2D eigenvalue weighted by Crippen LogP contribution is -2.14. The normalized spacial score (nSPS) is 21.8. The number of nitrogens with one attached hydrogen (secondary N) is 2. The van der Waals surface area contributed by atoms with Gasteiger partial charge in [0.1, 0.15) is 4.49 Å². The van der Waals surface area contributed by atoms with E-state index in [9.17, 15) is 4.79 Å². The highest BCUT2D eigenvalue weighted by molar-refractivity contribution is 6.56. The van der Waals surface area contributed by atoms with Gasteiger partial charge in [0.2, 0.25) is 0 Å². The van der Waals surface area contributed by atoms with Crippen molar-refractivity contribution in [2.24, 2.45) is 0 Å². The van der Waals surface area contributed by atoms with Crippen LogP contribution in [0, 0.1) is 0 Å². The predicted molar refractivity (Wildman–Crippen MR) is 86.4 cm³/mol. The second-order valence-corrected chi connectivity index (χ2v) is 6.60. The minimum absolute atomic E-state index is 0.174. The summed E-state index contributed by atoms with van der Waals surface area (Å²) in [6.45, 7) is 0.